The molecule has 5 nitrogen and oxygen atoms in total. The van der Waals surface area contributed by atoms with Crippen molar-refractivity contribution < 1.29 is 14.6 Å². The van der Waals surface area contributed by atoms with Crippen molar-refractivity contribution in [1.29, 1.82) is 0 Å². The lowest BCUT2D eigenvalue weighted by molar-refractivity contribution is 0.261. The molecule has 0 amide bonds. The molecule has 0 aliphatic heterocycles. The quantitative estimate of drug-likeness (QED) is 0.810. The molecule has 21 heavy (non-hydrogen) atoms. The average Bonchev–Trinajstić information content (AvgIpc) is 2.91. The van der Waals surface area contributed by atoms with E-state index in [1.54, 1.807) is 4.68 Å². The maximum Gasteiger partial charge on any atom is 0.128 e. The first kappa shape index (κ1) is 15.4. The summed E-state index contributed by atoms with van der Waals surface area (Å²) >= 11 is 0. The average molecular weight is 290 g/mol. The number of aryl methyl sites for hydroxylation is 1. The molecular formula is C16H22N2O3. The van der Waals surface area contributed by atoms with Crippen LogP contribution in [0.25, 0.3) is 0 Å². The van der Waals surface area contributed by atoms with Gasteiger partial charge in [0.2, 0.25) is 0 Å². The predicted molar refractivity (Wildman–Crippen MR) is 80.6 cm³/mol. The first-order chi connectivity index (χ1) is 10.2. The van der Waals surface area contributed by atoms with Gasteiger partial charge in [-0.3, -0.25) is 4.68 Å². The molecule has 0 saturated heterocycles. The van der Waals surface area contributed by atoms with Gasteiger partial charge in [0, 0.05) is 31.3 Å². The van der Waals surface area contributed by atoms with Gasteiger partial charge in [0.15, 0.2) is 0 Å². The summed E-state index contributed by atoms with van der Waals surface area (Å²) in [6.45, 7) is 3.23. The maximum absolute atomic E-state index is 9.37. The summed E-state index contributed by atoms with van der Waals surface area (Å²) in [5.74, 6) is 1.44. The normalized spacial score (nSPS) is 10.6. The highest BCUT2D eigenvalue weighted by Gasteiger charge is 2.06. The first-order valence-corrected chi connectivity index (χ1v) is 7.20. The van der Waals surface area contributed by atoms with Crippen molar-refractivity contribution in [2.45, 2.75) is 26.4 Å². The van der Waals surface area contributed by atoms with E-state index in [1.807, 2.05) is 37.6 Å². The Morgan fingerprint density at radius 1 is 1.24 bits per heavy atom. The molecule has 0 unspecified atom stereocenters. The Morgan fingerprint density at radius 3 is 2.76 bits per heavy atom. The summed E-state index contributed by atoms with van der Waals surface area (Å²) in [7, 11) is 1.89. The molecule has 114 valence electrons. The molecule has 0 saturated carbocycles. The zero-order valence-electron chi connectivity index (χ0n) is 12.6. The number of aromatic nitrogens is 2. The summed E-state index contributed by atoms with van der Waals surface area (Å²) in [4.78, 5) is 0. The van der Waals surface area contributed by atoms with E-state index in [1.165, 1.54) is 0 Å². The number of nitrogens with zero attached hydrogens (tertiary/aromatic N) is 2. The van der Waals surface area contributed by atoms with E-state index in [0.29, 0.717) is 19.0 Å². The van der Waals surface area contributed by atoms with Gasteiger partial charge < -0.3 is 14.6 Å². The maximum atomic E-state index is 9.37. The highest BCUT2D eigenvalue weighted by Crippen LogP contribution is 2.25. The molecule has 1 aromatic carbocycles. The van der Waals surface area contributed by atoms with Crippen LogP contribution < -0.4 is 9.47 Å². The Bertz CT molecular complexity index is 566. The number of aliphatic hydroxyl groups excluding tert-OH is 1. The van der Waals surface area contributed by atoms with Crippen LogP contribution in [-0.2, 0) is 20.1 Å². The molecule has 5 heteroatoms. The van der Waals surface area contributed by atoms with Gasteiger partial charge in [-0.2, -0.15) is 5.10 Å². The number of benzene rings is 1. The molecule has 1 aromatic heterocycles. The molecule has 1 heterocycles. The fraction of sp³-hybridized carbons (Fsp3) is 0.438. The van der Waals surface area contributed by atoms with Crippen molar-refractivity contribution in [3.05, 3.63) is 41.7 Å². The van der Waals surface area contributed by atoms with Crippen LogP contribution in [0.5, 0.6) is 11.5 Å². The lowest BCUT2D eigenvalue weighted by atomic mass is 10.2. The molecule has 1 N–H and O–H groups in total. The zero-order valence-corrected chi connectivity index (χ0v) is 12.6. The van der Waals surface area contributed by atoms with Crippen LogP contribution in [0.4, 0.5) is 0 Å². The van der Waals surface area contributed by atoms with Crippen molar-refractivity contribution in [1.82, 2.24) is 9.78 Å². The highest BCUT2D eigenvalue weighted by atomic mass is 16.5. The van der Waals surface area contributed by atoms with E-state index in [2.05, 4.69) is 12.0 Å². The highest BCUT2D eigenvalue weighted by molar-refractivity contribution is 5.40. The zero-order chi connectivity index (χ0) is 15.1. The number of ether oxygens (including phenoxy) is 2. The minimum Gasteiger partial charge on any atom is -0.493 e. The Labute approximate surface area is 125 Å². The van der Waals surface area contributed by atoms with Crippen LogP contribution in [0, 0.1) is 0 Å². The Balaban J connectivity index is 1.96. The largest absolute Gasteiger partial charge is 0.493 e. The molecule has 0 radical (unpaired) electrons. The number of hydrogen-bond acceptors (Lipinski definition) is 4. The molecule has 0 aliphatic carbocycles. The molecule has 0 aliphatic rings. The van der Waals surface area contributed by atoms with E-state index < -0.39 is 0 Å². The SMILES string of the molecule is CCCOc1ccc(CO)c(OCCc2cnn(C)c2)c1. The Morgan fingerprint density at radius 2 is 2.10 bits per heavy atom. The van der Waals surface area contributed by atoms with Gasteiger partial charge in [0.25, 0.3) is 0 Å². The standard InChI is InChI=1S/C16H22N2O3/c1-3-7-20-15-5-4-14(12-19)16(9-15)21-8-6-13-10-17-18(2)11-13/h4-5,9-11,19H,3,6-8,12H2,1-2H3. The van der Waals surface area contributed by atoms with Crippen molar-refractivity contribution in [3.8, 4) is 11.5 Å². The van der Waals surface area contributed by atoms with Crippen LogP contribution in [-0.4, -0.2) is 28.1 Å². The van der Waals surface area contributed by atoms with Gasteiger partial charge >= 0.3 is 0 Å². The van der Waals surface area contributed by atoms with Crippen molar-refractivity contribution in [2.24, 2.45) is 7.05 Å². The van der Waals surface area contributed by atoms with Crippen LogP contribution in [0.1, 0.15) is 24.5 Å². The molecular weight excluding hydrogens is 268 g/mol. The molecule has 0 atom stereocenters. The summed E-state index contributed by atoms with van der Waals surface area (Å²) in [6.07, 6.45) is 5.53. The monoisotopic (exact) mass is 290 g/mol. The van der Waals surface area contributed by atoms with Crippen molar-refractivity contribution in [3.63, 3.8) is 0 Å². The summed E-state index contributed by atoms with van der Waals surface area (Å²) < 4.78 is 13.1. The van der Waals surface area contributed by atoms with E-state index in [9.17, 15) is 5.11 Å². The number of aliphatic hydroxyl groups is 1. The third-order valence-electron chi connectivity index (χ3n) is 3.09. The minimum atomic E-state index is -0.0454. The third-order valence-corrected chi connectivity index (χ3v) is 3.09. The lowest BCUT2D eigenvalue weighted by Crippen LogP contribution is -2.04. The molecule has 0 fully saturated rings. The second-order valence-corrected chi connectivity index (χ2v) is 4.90. The summed E-state index contributed by atoms with van der Waals surface area (Å²) in [5, 5.41) is 13.5. The second kappa shape index (κ2) is 7.69. The molecule has 2 rings (SSSR count). The summed E-state index contributed by atoms with van der Waals surface area (Å²) in [5.41, 5.74) is 1.89. The fourth-order valence-corrected chi connectivity index (χ4v) is 1.99. The number of rotatable bonds is 8. The molecule has 0 bridgehead atoms. The fourth-order valence-electron chi connectivity index (χ4n) is 1.99. The topological polar surface area (TPSA) is 56.5 Å². The van der Waals surface area contributed by atoms with Crippen LogP contribution in [0.15, 0.2) is 30.6 Å². The lowest BCUT2D eigenvalue weighted by Gasteiger charge is -2.12. The van der Waals surface area contributed by atoms with E-state index in [-0.39, 0.29) is 6.61 Å². The molecule has 0 spiro atoms. The predicted octanol–water partition coefficient (Wildman–Crippen LogP) is 2.32. The van der Waals surface area contributed by atoms with Gasteiger partial charge in [0.05, 0.1) is 26.0 Å². The van der Waals surface area contributed by atoms with Crippen LogP contribution in [0.2, 0.25) is 0 Å². The van der Waals surface area contributed by atoms with E-state index in [4.69, 9.17) is 9.47 Å². The van der Waals surface area contributed by atoms with Crippen molar-refractivity contribution >= 4 is 0 Å². The Kier molecular flexibility index (Phi) is 5.63. The number of hydrogen-bond donors (Lipinski definition) is 1. The van der Waals surface area contributed by atoms with E-state index >= 15 is 0 Å². The Hall–Kier alpha value is -2.01. The van der Waals surface area contributed by atoms with E-state index in [0.717, 1.165) is 29.7 Å². The van der Waals surface area contributed by atoms with Gasteiger partial charge in [0.1, 0.15) is 11.5 Å². The van der Waals surface area contributed by atoms with Crippen LogP contribution in [0.3, 0.4) is 0 Å². The third kappa shape index (κ3) is 4.49. The van der Waals surface area contributed by atoms with Gasteiger partial charge in [-0.15, -0.1) is 0 Å². The molecule has 2 aromatic rings. The first-order valence-electron chi connectivity index (χ1n) is 7.20. The van der Waals surface area contributed by atoms with Gasteiger partial charge in [-0.25, -0.2) is 0 Å². The minimum absolute atomic E-state index is 0.0454. The second-order valence-electron chi connectivity index (χ2n) is 4.90. The van der Waals surface area contributed by atoms with Gasteiger partial charge in [-0.05, 0) is 24.1 Å². The summed E-state index contributed by atoms with van der Waals surface area (Å²) in [6, 6.07) is 5.53. The van der Waals surface area contributed by atoms with Gasteiger partial charge in [-0.1, -0.05) is 6.92 Å². The van der Waals surface area contributed by atoms with Crippen molar-refractivity contribution in [2.75, 3.05) is 13.2 Å². The van der Waals surface area contributed by atoms with Crippen LogP contribution >= 0.6 is 0 Å². The smallest absolute Gasteiger partial charge is 0.128 e.